The van der Waals surface area contributed by atoms with Gasteiger partial charge in [-0.25, -0.2) is 0 Å². The molecule has 1 amide bonds. The van der Waals surface area contributed by atoms with Gasteiger partial charge in [-0.1, -0.05) is 30.3 Å². The molecule has 0 N–H and O–H groups in total. The maximum atomic E-state index is 12.5. The topological polar surface area (TPSA) is 49.9 Å². The van der Waals surface area contributed by atoms with Crippen molar-refractivity contribution in [2.24, 2.45) is 5.92 Å². The fourth-order valence-electron chi connectivity index (χ4n) is 3.75. The zero-order valence-corrected chi connectivity index (χ0v) is 15.0. The average Bonchev–Trinajstić information content (AvgIpc) is 3.16. The van der Waals surface area contributed by atoms with E-state index in [-0.39, 0.29) is 17.8 Å². The van der Waals surface area contributed by atoms with Crippen LogP contribution in [0.1, 0.15) is 38.2 Å². The highest BCUT2D eigenvalue weighted by atomic mass is 16.5. The Kier molecular flexibility index (Phi) is 6.08. The van der Waals surface area contributed by atoms with Crippen LogP contribution in [0.2, 0.25) is 0 Å². The van der Waals surface area contributed by atoms with Crippen molar-refractivity contribution in [3.8, 4) is 0 Å². The Morgan fingerprint density at radius 2 is 1.84 bits per heavy atom. The van der Waals surface area contributed by atoms with Gasteiger partial charge in [0.15, 0.2) is 6.10 Å². The van der Waals surface area contributed by atoms with Gasteiger partial charge in [-0.3, -0.25) is 14.5 Å². The molecular weight excluding hydrogens is 316 g/mol. The van der Waals surface area contributed by atoms with E-state index < -0.39 is 6.10 Å². The van der Waals surface area contributed by atoms with Gasteiger partial charge in [0.05, 0.1) is 5.92 Å². The highest BCUT2D eigenvalue weighted by Crippen LogP contribution is 2.21. The first-order valence-corrected chi connectivity index (χ1v) is 9.39. The number of esters is 1. The molecule has 2 fully saturated rings. The molecule has 0 bridgehead atoms. The fraction of sp³-hybridized carbons (Fsp3) is 0.600. The van der Waals surface area contributed by atoms with Gasteiger partial charge in [-0.15, -0.1) is 0 Å². The molecule has 5 nitrogen and oxygen atoms in total. The lowest BCUT2D eigenvalue weighted by molar-refractivity contribution is -0.163. The summed E-state index contributed by atoms with van der Waals surface area (Å²) in [5.74, 6) is -0.410. The lowest BCUT2D eigenvalue weighted by Gasteiger charge is -2.32. The second kappa shape index (κ2) is 8.48. The van der Waals surface area contributed by atoms with E-state index in [9.17, 15) is 9.59 Å². The summed E-state index contributed by atoms with van der Waals surface area (Å²) in [5.41, 5.74) is 1.26. The van der Waals surface area contributed by atoms with Crippen molar-refractivity contribution in [2.75, 3.05) is 26.2 Å². The molecule has 0 aliphatic carbocycles. The summed E-state index contributed by atoms with van der Waals surface area (Å²) >= 11 is 0. The van der Waals surface area contributed by atoms with Crippen LogP contribution in [-0.2, 0) is 20.9 Å². The maximum absolute atomic E-state index is 12.5. The van der Waals surface area contributed by atoms with E-state index in [4.69, 9.17) is 4.74 Å². The molecule has 0 radical (unpaired) electrons. The van der Waals surface area contributed by atoms with Gasteiger partial charge in [0.1, 0.15) is 0 Å². The summed E-state index contributed by atoms with van der Waals surface area (Å²) in [5, 5.41) is 0. The third-order valence-corrected chi connectivity index (χ3v) is 5.15. The highest BCUT2D eigenvalue weighted by molar-refractivity contribution is 5.84. The van der Waals surface area contributed by atoms with Crippen LogP contribution in [0.5, 0.6) is 0 Å². The zero-order valence-electron chi connectivity index (χ0n) is 15.0. The van der Waals surface area contributed by atoms with Crippen molar-refractivity contribution in [1.82, 2.24) is 9.80 Å². The fourth-order valence-corrected chi connectivity index (χ4v) is 3.75. The smallest absolute Gasteiger partial charge is 0.311 e. The number of hydrogen-bond donors (Lipinski definition) is 0. The molecule has 1 aromatic carbocycles. The Morgan fingerprint density at radius 1 is 1.12 bits per heavy atom. The van der Waals surface area contributed by atoms with Gasteiger partial charge < -0.3 is 9.64 Å². The standard InChI is InChI=1S/C20H28N2O3/c1-16(19(23)22-12-5-6-13-22)25-20(24)18-10-7-11-21(15-18)14-17-8-3-2-4-9-17/h2-4,8-9,16,18H,5-7,10-15H2,1H3/t16-,18-/m1/s1. The predicted molar refractivity (Wildman–Crippen MR) is 95.8 cm³/mol. The summed E-state index contributed by atoms with van der Waals surface area (Å²) in [6, 6.07) is 10.3. The first kappa shape index (κ1) is 17.9. The van der Waals surface area contributed by atoms with Gasteiger partial charge in [0, 0.05) is 26.2 Å². The number of ether oxygens (including phenoxy) is 1. The minimum atomic E-state index is -0.671. The zero-order chi connectivity index (χ0) is 17.6. The first-order chi connectivity index (χ1) is 12.1. The minimum Gasteiger partial charge on any atom is -0.452 e. The molecule has 5 heteroatoms. The van der Waals surface area contributed by atoms with Gasteiger partial charge in [0.2, 0.25) is 0 Å². The van der Waals surface area contributed by atoms with Crippen LogP contribution < -0.4 is 0 Å². The molecule has 0 unspecified atom stereocenters. The number of piperidine rings is 1. The molecule has 3 rings (SSSR count). The summed E-state index contributed by atoms with van der Waals surface area (Å²) in [6.45, 7) is 5.83. The molecule has 25 heavy (non-hydrogen) atoms. The van der Waals surface area contributed by atoms with E-state index in [2.05, 4.69) is 17.0 Å². The molecule has 136 valence electrons. The number of nitrogens with zero attached hydrogens (tertiary/aromatic N) is 2. The van der Waals surface area contributed by atoms with Gasteiger partial charge in [-0.05, 0) is 44.7 Å². The van der Waals surface area contributed by atoms with Gasteiger partial charge in [-0.2, -0.15) is 0 Å². The quantitative estimate of drug-likeness (QED) is 0.770. The van der Waals surface area contributed by atoms with E-state index in [1.807, 2.05) is 18.2 Å². The molecule has 2 atom stereocenters. The van der Waals surface area contributed by atoms with Gasteiger partial charge >= 0.3 is 5.97 Å². The van der Waals surface area contributed by atoms with Crippen LogP contribution in [0.4, 0.5) is 0 Å². The number of carbonyl (C=O) groups is 2. The van der Waals surface area contributed by atoms with Crippen molar-refractivity contribution in [3.05, 3.63) is 35.9 Å². The van der Waals surface area contributed by atoms with Crippen LogP contribution >= 0.6 is 0 Å². The number of carbonyl (C=O) groups excluding carboxylic acids is 2. The Bertz CT molecular complexity index is 584. The number of rotatable bonds is 5. The summed E-state index contributed by atoms with van der Waals surface area (Å²) in [4.78, 5) is 28.9. The molecule has 2 heterocycles. The SMILES string of the molecule is C[C@@H](OC(=O)[C@@H]1CCCN(Cc2ccccc2)C1)C(=O)N1CCCC1. The van der Waals surface area contributed by atoms with Gasteiger partial charge in [0.25, 0.3) is 5.91 Å². The van der Waals surface area contributed by atoms with Crippen molar-refractivity contribution in [2.45, 2.75) is 45.3 Å². The van der Waals surface area contributed by atoms with Crippen LogP contribution in [0, 0.1) is 5.92 Å². The monoisotopic (exact) mass is 344 g/mol. The summed E-state index contributed by atoms with van der Waals surface area (Å²) < 4.78 is 5.51. The average molecular weight is 344 g/mol. The largest absolute Gasteiger partial charge is 0.452 e. The second-order valence-corrected chi connectivity index (χ2v) is 7.17. The summed E-state index contributed by atoms with van der Waals surface area (Å²) in [6.07, 6.45) is 3.25. The lowest BCUT2D eigenvalue weighted by atomic mass is 9.97. The van der Waals surface area contributed by atoms with Crippen LogP contribution in [0.3, 0.4) is 0 Å². The Labute approximate surface area is 149 Å². The summed E-state index contributed by atoms with van der Waals surface area (Å²) in [7, 11) is 0. The van der Waals surface area contributed by atoms with Crippen LogP contribution in [-0.4, -0.2) is 54.0 Å². The van der Waals surface area contributed by atoms with Crippen molar-refractivity contribution in [1.29, 1.82) is 0 Å². The van der Waals surface area contributed by atoms with Crippen LogP contribution in [0.25, 0.3) is 0 Å². The van der Waals surface area contributed by atoms with E-state index in [1.54, 1.807) is 11.8 Å². The molecule has 0 saturated carbocycles. The normalized spacial score (nSPS) is 22.6. The van der Waals surface area contributed by atoms with E-state index >= 15 is 0 Å². The number of benzene rings is 1. The lowest BCUT2D eigenvalue weighted by Crippen LogP contribution is -2.42. The number of amides is 1. The molecule has 0 spiro atoms. The maximum Gasteiger partial charge on any atom is 0.311 e. The molecule has 2 aliphatic rings. The third-order valence-electron chi connectivity index (χ3n) is 5.15. The minimum absolute atomic E-state index is 0.0530. The first-order valence-electron chi connectivity index (χ1n) is 9.39. The molecular formula is C20H28N2O3. The Balaban J connectivity index is 1.50. The second-order valence-electron chi connectivity index (χ2n) is 7.17. The van der Waals surface area contributed by atoms with E-state index in [0.717, 1.165) is 51.9 Å². The van der Waals surface area contributed by atoms with Crippen LogP contribution in [0.15, 0.2) is 30.3 Å². The Morgan fingerprint density at radius 3 is 2.56 bits per heavy atom. The predicted octanol–water partition coefficient (Wildman–Crippen LogP) is 2.45. The number of likely N-dealkylation sites (tertiary alicyclic amines) is 2. The van der Waals surface area contributed by atoms with E-state index in [1.165, 1.54) is 5.56 Å². The molecule has 2 aliphatic heterocycles. The van der Waals surface area contributed by atoms with E-state index in [0.29, 0.717) is 6.54 Å². The number of hydrogen-bond acceptors (Lipinski definition) is 4. The van der Waals surface area contributed by atoms with Crippen molar-refractivity contribution >= 4 is 11.9 Å². The highest BCUT2D eigenvalue weighted by Gasteiger charge is 2.31. The molecule has 2 saturated heterocycles. The van der Waals surface area contributed by atoms with Crippen molar-refractivity contribution < 1.29 is 14.3 Å². The third kappa shape index (κ3) is 4.82. The molecule has 1 aromatic rings. The van der Waals surface area contributed by atoms with Crippen molar-refractivity contribution in [3.63, 3.8) is 0 Å². The Hall–Kier alpha value is -1.88. The molecule has 0 aromatic heterocycles.